The molecule has 0 spiro atoms. The molecule has 2 aliphatic rings. The van der Waals surface area contributed by atoms with Crippen LogP contribution in [0, 0.1) is 5.92 Å². The number of piperidine rings is 1. The summed E-state index contributed by atoms with van der Waals surface area (Å²) < 4.78 is 26.9. The maximum Gasteiger partial charge on any atom is 0.208 e. The number of hydrogen-bond donors (Lipinski definition) is 1. The van der Waals surface area contributed by atoms with Crippen LogP contribution in [-0.2, 0) is 16.6 Å². The Hall–Kier alpha value is -1.06. The van der Waals surface area contributed by atoms with Crippen LogP contribution in [0.15, 0.2) is 0 Å². The summed E-state index contributed by atoms with van der Waals surface area (Å²) in [5, 5.41) is 12.0. The first-order valence-corrected chi connectivity index (χ1v) is 9.34. The molecule has 0 aromatic carbocycles. The second-order valence-electron chi connectivity index (χ2n) is 6.13. The molecule has 1 aromatic heterocycles. The van der Waals surface area contributed by atoms with Crippen molar-refractivity contribution in [2.45, 2.75) is 38.3 Å². The van der Waals surface area contributed by atoms with Gasteiger partial charge in [0.1, 0.15) is 0 Å². The van der Waals surface area contributed by atoms with E-state index in [1.807, 2.05) is 4.68 Å². The Balaban J connectivity index is 1.54. The van der Waals surface area contributed by atoms with E-state index in [9.17, 15) is 8.42 Å². The lowest BCUT2D eigenvalue weighted by molar-refractivity contribution is 0.163. The first-order chi connectivity index (χ1) is 10.0. The molecule has 1 aliphatic heterocycles. The van der Waals surface area contributed by atoms with Crippen molar-refractivity contribution in [3.05, 3.63) is 5.82 Å². The average Bonchev–Trinajstić information content (AvgIpc) is 3.17. The highest BCUT2D eigenvalue weighted by molar-refractivity contribution is 7.88. The highest BCUT2D eigenvalue weighted by atomic mass is 32.2. The molecule has 1 aliphatic carbocycles. The third kappa shape index (κ3) is 4.21. The highest BCUT2D eigenvalue weighted by Gasteiger charge is 2.29. The summed E-state index contributed by atoms with van der Waals surface area (Å²) in [5.74, 6) is 1.29. The lowest BCUT2D eigenvalue weighted by Crippen LogP contribution is -2.40. The van der Waals surface area contributed by atoms with Crippen molar-refractivity contribution in [2.24, 2.45) is 5.92 Å². The highest BCUT2D eigenvalue weighted by Crippen LogP contribution is 2.34. The number of hydrogen-bond acceptors (Lipinski definition) is 6. The van der Waals surface area contributed by atoms with E-state index in [0.29, 0.717) is 18.5 Å². The number of nitrogens with one attached hydrogen (secondary N) is 1. The molecule has 2 fully saturated rings. The smallest absolute Gasteiger partial charge is 0.208 e. The molecule has 3 rings (SSSR count). The molecule has 0 bridgehead atoms. The Labute approximate surface area is 124 Å². The number of sulfonamides is 1. The number of nitrogens with zero attached hydrogens (tertiary/aromatic N) is 5. The molecule has 21 heavy (non-hydrogen) atoms. The van der Waals surface area contributed by atoms with E-state index in [0.717, 1.165) is 38.3 Å². The van der Waals surface area contributed by atoms with E-state index < -0.39 is 10.0 Å². The van der Waals surface area contributed by atoms with Crippen LogP contribution in [0.4, 0.5) is 0 Å². The zero-order valence-electron chi connectivity index (χ0n) is 12.3. The number of aromatic nitrogens is 4. The number of rotatable bonds is 6. The summed E-state index contributed by atoms with van der Waals surface area (Å²) in [6.07, 6.45) is 5.68. The predicted octanol–water partition coefficient (Wildman–Crippen LogP) is -0.231. The number of likely N-dealkylation sites (tertiary alicyclic amines) is 1. The first-order valence-electron chi connectivity index (χ1n) is 7.45. The molecule has 1 unspecified atom stereocenters. The summed E-state index contributed by atoms with van der Waals surface area (Å²) in [6, 6.07) is 0.488. The molecule has 118 valence electrons. The standard InChI is InChI=1S/C12H22N6O2S/c1-21(19,20)13-7-10-3-2-6-17(8-10)9-12-14-15-16-18(12)11-4-5-11/h10-11,13H,2-9H2,1H3. The van der Waals surface area contributed by atoms with Gasteiger partial charge in [-0.1, -0.05) is 0 Å². The van der Waals surface area contributed by atoms with Crippen molar-refractivity contribution in [2.75, 3.05) is 25.9 Å². The average molecular weight is 314 g/mol. The summed E-state index contributed by atoms with van der Waals surface area (Å²) in [7, 11) is -3.11. The van der Waals surface area contributed by atoms with E-state index in [2.05, 4.69) is 25.1 Å². The van der Waals surface area contributed by atoms with Crippen molar-refractivity contribution in [3.63, 3.8) is 0 Å². The van der Waals surface area contributed by atoms with Crippen LogP contribution in [0.2, 0.25) is 0 Å². The number of tetrazole rings is 1. The largest absolute Gasteiger partial charge is 0.296 e. The van der Waals surface area contributed by atoms with Crippen molar-refractivity contribution in [1.29, 1.82) is 0 Å². The van der Waals surface area contributed by atoms with Crippen LogP contribution in [0.5, 0.6) is 0 Å². The minimum Gasteiger partial charge on any atom is -0.296 e. The van der Waals surface area contributed by atoms with Crippen LogP contribution in [-0.4, -0.2) is 59.4 Å². The van der Waals surface area contributed by atoms with Gasteiger partial charge < -0.3 is 0 Å². The molecule has 8 nitrogen and oxygen atoms in total. The van der Waals surface area contributed by atoms with E-state index in [1.54, 1.807) is 0 Å². The normalized spacial score (nSPS) is 24.3. The van der Waals surface area contributed by atoms with E-state index >= 15 is 0 Å². The Morgan fingerprint density at radius 3 is 2.86 bits per heavy atom. The maximum atomic E-state index is 11.2. The van der Waals surface area contributed by atoms with Crippen molar-refractivity contribution < 1.29 is 8.42 Å². The van der Waals surface area contributed by atoms with Crippen molar-refractivity contribution >= 4 is 10.0 Å². The van der Waals surface area contributed by atoms with Crippen LogP contribution < -0.4 is 4.72 Å². The molecule has 1 N–H and O–H groups in total. The van der Waals surface area contributed by atoms with Gasteiger partial charge in [0.25, 0.3) is 0 Å². The fourth-order valence-corrected chi connectivity index (χ4v) is 3.39. The molecule has 2 heterocycles. The van der Waals surface area contributed by atoms with Crippen LogP contribution in [0.3, 0.4) is 0 Å². The molecule has 0 radical (unpaired) electrons. The summed E-state index contributed by atoms with van der Waals surface area (Å²) >= 11 is 0. The van der Waals surface area contributed by atoms with Gasteiger partial charge in [0.15, 0.2) is 5.82 Å². The van der Waals surface area contributed by atoms with Crippen molar-refractivity contribution in [1.82, 2.24) is 29.8 Å². The summed E-state index contributed by atoms with van der Waals surface area (Å²) in [6.45, 7) is 3.18. The van der Waals surface area contributed by atoms with Gasteiger partial charge in [-0.05, 0) is 48.6 Å². The Kier molecular flexibility index (Phi) is 4.23. The molecule has 0 amide bonds. The zero-order valence-corrected chi connectivity index (χ0v) is 13.1. The lowest BCUT2D eigenvalue weighted by atomic mass is 9.98. The topological polar surface area (TPSA) is 93.0 Å². The van der Waals surface area contributed by atoms with E-state index in [1.165, 1.54) is 19.1 Å². The van der Waals surface area contributed by atoms with Gasteiger partial charge >= 0.3 is 0 Å². The van der Waals surface area contributed by atoms with Crippen LogP contribution in [0.25, 0.3) is 0 Å². The van der Waals surface area contributed by atoms with Crippen LogP contribution in [0.1, 0.15) is 37.5 Å². The first kappa shape index (κ1) is 14.9. The fourth-order valence-electron chi connectivity index (χ4n) is 2.85. The van der Waals surface area contributed by atoms with Gasteiger partial charge in [0.2, 0.25) is 10.0 Å². The second kappa shape index (κ2) is 5.98. The Bertz CT molecular complexity index is 582. The van der Waals surface area contributed by atoms with E-state index in [-0.39, 0.29) is 0 Å². The molecule has 1 saturated carbocycles. The minimum atomic E-state index is -3.11. The summed E-state index contributed by atoms with van der Waals surface area (Å²) in [4.78, 5) is 2.32. The van der Waals surface area contributed by atoms with Gasteiger partial charge in [-0.3, -0.25) is 4.90 Å². The minimum absolute atomic E-state index is 0.360. The Morgan fingerprint density at radius 1 is 1.33 bits per heavy atom. The molecular weight excluding hydrogens is 292 g/mol. The lowest BCUT2D eigenvalue weighted by Gasteiger charge is -2.32. The van der Waals surface area contributed by atoms with Gasteiger partial charge in [-0.2, -0.15) is 0 Å². The zero-order chi connectivity index (χ0) is 14.9. The quantitative estimate of drug-likeness (QED) is 0.779. The monoisotopic (exact) mass is 314 g/mol. The van der Waals surface area contributed by atoms with Gasteiger partial charge in [0, 0.05) is 13.1 Å². The second-order valence-corrected chi connectivity index (χ2v) is 7.97. The molecule has 1 saturated heterocycles. The SMILES string of the molecule is CS(=O)(=O)NCC1CCCN(Cc2nnnn2C2CC2)C1. The third-order valence-electron chi connectivity index (χ3n) is 4.06. The van der Waals surface area contributed by atoms with E-state index in [4.69, 9.17) is 0 Å². The van der Waals surface area contributed by atoms with Gasteiger partial charge in [-0.15, -0.1) is 5.10 Å². The van der Waals surface area contributed by atoms with Crippen LogP contribution >= 0.6 is 0 Å². The fraction of sp³-hybridized carbons (Fsp3) is 0.917. The summed E-state index contributed by atoms with van der Waals surface area (Å²) in [5.41, 5.74) is 0. The maximum absolute atomic E-state index is 11.2. The molecule has 1 atom stereocenters. The molecule has 1 aromatic rings. The predicted molar refractivity (Wildman–Crippen MR) is 76.9 cm³/mol. The van der Waals surface area contributed by atoms with Crippen molar-refractivity contribution in [3.8, 4) is 0 Å². The molecular formula is C12H22N6O2S. The third-order valence-corrected chi connectivity index (χ3v) is 4.75. The van der Waals surface area contributed by atoms with Gasteiger partial charge in [-0.25, -0.2) is 17.8 Å². The Morgan fingerprint density at radius 2 is 2.14 bits per heavy atom. The van der Waals surface area contributed by atoms with Gasteiger partial charge in [0.05, 0.1) is 18.8 Å². The molecule has 9 heteroatoms.